The maximum atomic E-state index is 12.7. The molecule has 1 amide bonds. The number of carbonyl (C=O) groups is 2. The molecule has 1 aromatic heterocycles. The van der Waals surface area contributed by atoms with Crippen molar-refractivity contribution in [3.63, 3.8) is 0 Å². The molecular formula is C16H15NO4. The van der Waals surface area contributed by atoms with Crippen LogP contribution in [0.1, 0.15) is 33.4 Å². The van der Waals surface area contributed by atoms with Gasteiger partial charge in [0.1, 0.15) is 17.4 Å². The zero-order valence-electron chi connectivity index (χ0n) is 11.8. The van der Waals surface area contributed by atoms with Crippen LogP contribution in [-0.4, -0.2) is 23.5 Å². The fourth-order valence-corrected chi connectivity index (χ4v) is 2.80. The first kappa shape index (κ1) is 13.4. The van der Waals surface area contributed by atoms with Crippen LogP contribution in [0.4, 0.5) is 5.69 Å². The Balaban J connectivity index is 2.02. The van der Waals surface area contributed by atoms with Gasteiger partial charge in [0.15, 0.2) is 0 Å². The van der Waals surface area contributed by atoms with Crippen LogP contribution in [0.5, 0.6) is 0 Å². The highest BCUT2D eigenvalue weighted by Crippen LogP contribution is 2.37. The third-order valence-electron chi connectivity index (χ3n) is 3.78. The molecule has 5 heteroatoms. The second kappa shape index (κ2) is 4.77. The summed E-state index contributed by atoms with van der Waals surface area (Å²) >= 11 is 0. The topological polar surface area (TPSA) is 70.8 Å². The number of nitrogens with zero attached hydrogens (tertiary/aromatic N) is 1. The molecule has 0 saturated heterocycles. The van der Waals surface area contributed by atoms with E-state index in [0.717, 1.165) is 0 Å². The van der Waals surface area contributed by atoms with Gasteiger partial charge in [-0.3, -0.25) is 9.59 Å². The number of carboxylic acid groups (broad SMARTS) is 1. The van der Waals surface area contributed by atoms with Crippen LogP contribution in [0.25, 0.3) is 0 Å². The highest BCUT2D eigenvalue weighted by Gasteiger charge is 2.37. The molecule has 0 fully saturated rings. The van der Waals surface area contributed by atoms with Crippen molar-refractivity contribution in [2.24, 2.45) is 0 Å². The third-order valence-corrected chi connectivity index (χ3v) is 3.78. The first-order chi connectivity index (χ1) is 9.99. The van der Waals surface area contributed by atoms with Crippen LogP contribution in [0.2, 0.25) is 0 Å². The van der Waals surface area contributed by atoms with Crippen LogP contribution in [-0.2, 0) is 4.79 Å². The van der Waals surface area contributed by atoms with Crippen molar-refractivity contribution in [1.29, 1.82) is 0 Å². The standard InChI is InChI=1S/C16H15NO4/c1-9-7-12(10(2)21-9)15(18)17-8-13(16(19)20)11-5-3-4-6-14(11)17/h3-7,13H,8H2,1-2H3,(H,19,20)/t13-/m1/s1. The summed E-state index contributed by atoms with van der Waals surface area (Å²) in [6, 6.07) is 8.81. The van der Waals surface area contributed by atoms with Crippen LogP contribution < -0.4 is 4.90 Å². The van der Waals surface area contributed by atoms with E-state index in [9.17, 15) is 14.7 Å². The normalized spacial score (nSPS) is 16.9. The number of rotatable bonds is 2. The van der Waals surface area contributed by atoms with E-state index in [1.165, 1.54) is 4.90 Å². The number of carbonyl (C=O) groups excluding carboxylic acids is 1. The average molecular weight is 285 g/mol. The predicted octanol–water partition coefficient (Wildman–Crippen LogP) is 2.73. The van der Waals surface area contributed by atoms with Crippen molar-refractivity contribution >= 4 is 17.6 Å². The van der Waals surface area contributed by atoms with Crippen molar-refractivity contribution in [3.8, 4) is 0 Å². The SMILES string of the molecule is Cc1cc(C(=O)N2C[C@@H](C(=O)O)c3ccccc32)c(C)o1. The minimum atomic E-state index is -0.919. The minimum absolute atomic E-state index is 0.150. The van der Waals surface area contributed by atoms with E-state index >= 15 is 0 Å². The van der Waals surface area contributed by atoms with E-state index in [1.807, 2.05) is 0 Å². The van der Waals surface area contributed by atoms with Gasteiger partial charge in [0.25, 0.3) is 5.91 Å². The monoisotopic (exact) mass is 285 g/mol. The lowest BCUT2D eigenvalue weighted by atomic mass is 10.0. The zero-order chi connectivity index (χ0) is 15.1. The Morgan fingerprint density at radius 1 is 1.29 bits per heavy atom. The fraction of sp³-hybridized carbons (Fsp3) is 0.250. The highest BCUT2D eigenvalue weighted by atomic mass is 16.4. The average Bonchev–Trinajstić information content (AvgIpc) is 2.98. The molecule has 0 aliphatic carbocycles. The minimum Gasteiger partial charge on any atom is -0.481 e. The van der Waals surface area contributed by atoms with E-state index in [4.69, 9.17) is 4.42 Å². The van der Waals surface area contributed by atoms with E-state index in [0.29, 0.717) is 28.3 Å². The molecule has 0 unspecified atom stereocenters. The van der Waals surface area contributed by atoms with E-state index in [1.54, 1.807) is 44.2 Å². The lowest BCUT2D eigenvalue weighted by Crippen LogP contribution is -2.31. The maximum Gasteiger partial charge on any atom is 0.312 e. The maximum absolute atomic E-state index is 12.7. The lowest BCUT2D eigenvalue weighted by molar-refractivity contribution is -0.138. The molecular weight excluding hydrogens is 270 g/mol. The third kappa shape index (κ3) is 2.11. The second-order valence-corrected chi connectivity index (χ2v) is 5.19. The number of aliphatic carboxylic acids is 1. The Kier molecular flexibility index (Phi) is 3.05. The molecule has 1 aliphatic heterocycles. The second-order valence-electron chi connectivity index (χ2n) is 5.19. The molecule has 5 nitrogen and oxygen atoms in total. The number of carboxylic acids is 1. The van der Waals surface area contributed by atoms with Gasteiger partial charge >= 0.3 is 5.97 Å². The summed E-state index contributed by atoms with van der Waals surface area (Å²) in [5.74, 6) is -0.608. The predicted molar refractivity (Wildman–Crippen MR) is 76.7 cm³/mol. The quantitative estimate of drug-likeness (QED) is 0.921. The number of amides is 1. The molecule has 3 rings (SSSR count). The number of fused-ring (bicyclic) bond motifs is 1. The molecule has 2 heterocycles. The van der Waals surface area contributed by atoms with Gasteiger partial charge in [-0.05, 0) is 31.5 Å². The smallest absolute Gasteiger partial charge is 0.312 e. The largest absolute Gasteiger partial charge is 0.481 e. The van der Waals surface area contributed by atoms with Crippen LogP contribution >= 0.6 is 0 Å². The molecule has 0 bridgehead atoms. The van der Waals surface area contributed by atoms with Crippen molar-refractivity contribution in [2.45, 2.75) is 19.8 Å². The fourth-order valence-electron chi connectivity index (χ4n) is 2.80. The zero-order valence-corrected chi connectivity index (χ0v) is 11.8. The van der Waals surface area contributed by atoms with Gasteiger partial charge in [-0.25, -0.2) is 0 Å². The summed E-state index contributed by atoms with van der Waals surface area (Å²) in [6.45, 7) is 3.66. The molecule has 1 atom stereocenters. The Morgan fingerprint density at radius 2 is 2.00 bits per heavy atom. The summed E-state index contributed by atoms with van der Waals surface area (Å²) in [6.07, 6.45) is 0. The summed E-state index contributed by atoms with van der Waals surface area (Å²) in [4.78, 5) is 25.6. The van der Waals surface area contributed by atoms with E-state index < -0.39 is 11.9 Å². The van der Waals surface area contributed by atoms with Crippen molar-refractivity contribution in [2.75, 3.05) is 11.4 Å². The molecule has 0 radical (unpaired) electrons. The highest BCUT2D eigenvalue weighted by molar-refractivity contribution is 6.09. The van der Waals surface area contributed by atoms with Gasteiger partial charge < -0.3 is 14.4 Å². The molecule has 21 heavy (non-hydrogen) atoms. The van der Waals surface area contributed by atoms with Crippen LogP contribution in [0.3, 0.4) is 0 Å². The van der Waals surface area contributed by atoms with Crippen molar-refractivity contribution in [3.05, 3.63) is 53.0 Å². The summed E-state index contributed by atoms with van der Waals surface area (Å²) in [5.41, 5.74) is 1.82. The number of furan rings is 1. The first-order valence-electron chi connectivity index (χ1n) is 6.69. The Hall–Kier alpha value is -2.56. The van der Waals surface area contributed by atoms with Crippen LogP contribution in [0.15, 0.2) is 34.7 Å². The lowest BCUT2D eigenvalue weighted by Gasteiger charge is -2.16. The van der Waals surface area contributed by atoms with Crippen molar-refractivity contribution < 1.29 is 19.1 Å². The molecule has 0 spiro atoms. The Bertz CT molecular complexity index is 732. The molecule has 0 saturated carbocycles. The van der Waals surface area contributed by atoms with E-state index in [2.05, 4.69) is 0 Å². The Morgan fingerprint density at radius 3 is 2.62 bits per heavy atom. The van der Waals surface area contributed by atoms with Gasteiger partial charge in [-0.15, -0.1) is 0 Å². The number of para-hydroxylation sites is 1. The number of hydrogen-bond donors (Lipinski definition) is 1. The van der Waals surface area contributed by atoms with Gasteiger partial charge in [-0.2, -0.15) is 0 Å². The number of benzene rings is 1. The van der Waals surface area contributed by atoms with E-state index in [-0.39, 0.29) is 12.5 Å². The number of anilines is 1. The van der Waals surface area contributed by atoms with Gasteiger partial charge in [-0.1, -0.05) is 18.2 Å². The summed E-state index contributed by atoms with van der Waals surface area (Å²) in [5, 5.41) is 9.33. The molecule has 1 aromatic carbocycles. The van der Waals surface area contributed by atoms with Gasteiger partial charge in [0.05, 0.1) is 5.56 Å². The van der Waals surface area contributed by atoms with Gasteiger partial charge in [0, 0.05) is 12.2 Å². The van der Waals surface area contributed by atoms with Gasteiger partial charge in [0.2, 0.25) is 0 Å². The molecule has 2 aromatic rings. The van der Waals surface area contributed by atoms with Crippen molar-refractivity contribution in [1.82, 2.24) is 0 Å². The Labute approximate surface area is 121 Å². The number of hydrogen-bond acceptors (Lipinski definition) is 3. The first-order valence-corrected chi connectivity index (χ1v) is 6.69. The summed E-state index contributed by atoms with van der Waals surface area (Å²) in [7, 11) is 0. The summed E-state index contributed by atoms with van der Waals surface area (Å²) < 4.78 is 5.39. The molecule has 1 N–H and O–H groups in total. The van der Waals surface area contributed by atoms with Crippen LogP contribution in [0, 0.1) is 13.8 Å². The molecule has 1 aliphatic rings. The molecule has 108 valence electrons. The number of aryl methyl sites for hydroxylation is 2.